The molecule has 2 nitrogen and oxygen atoms in total. The van der Waals surface area contributed by atoms with E-state index in [1.807, 2.05) is 0 Å². The molecule has 1 aromatic rings. The van der Waals surface area contributed by atoms with Crippen molar-refractivity contribution in [2.45, 2.75) is 6.17 Å². The minimum atomic E-state index is -1.27. The van der Waals surface area contributed by atoms with Crippen molar-refractivity contribution in [1.82, 2.24) is 0 Å². The molecule has 1 atom stereocenters. The lowest BCUT2D eigenvalue weighted by atomic mass is 10.1. The molecule has 1 aromatic carbocycles. The first-order valence-corrected chi connectivity index (χ1v) is 3.85. The van der Waals surface area contributed by atoms with Gasteiger partial charge in [-0.25, -0.2) is 4.39 Å². The van der Waals surface area contributed by atoms with Crippen LogP contribution in [-0.4, -0.2) is 11.7 Å². The summed E-state index contributed by atoms with van der Waals surface area (Å²) in [4.78, 5) is 0. The minimum Gasteiger partial charge on any atom is -0.508 e. The van der Waals surface area contributed by atoms with E-state index in [1.165, 1.54) is 18.2 Å². The molecule has 1 rings (SSSR count). The first kappa shape index (κ1) is 9.29. The zero-order chi connectivity index (χ0) is 9.14. The van der Waals surface area contributed by atoms with Crippen LogP contribution >= 0.6 is 11.6 Å². The lowest BCUT2D eigenvalue weighted by molar-refractivity contribution is 0.352. The fraction of sp³-hybridized carbons (Fsp3) is 0.250. The second-order valence-electron chi connectivity index (χ2n) is 2.41. The second kappa shape index (κ2) is 3.74. The van der Waals surface area contributed by atoms with Crippen molar-refractivity contribution in [3.63, 3.8) is 0 Å². The Morgan fingerprint density at radius 3 is 2.75 bits per heavy atom. The minimum absolute atomic E-state index is 0.0213. The van der Waals surface area contributed by atoms with Crippen molar-refractivity contribution in [2.24, 2.45) is 5.73 Å². The van der Waals surface area contributed by atoms with E-state index < -0.39 is 6.17 Å². The highest BCUT2D eigenvalue weighted by Gasteiger charge is 2.11. The van der Waals surface area contributed by atoms with Crippen molar-refractivity contribution in [3.05, 3.63) is 28.8 Å². The van der Waals surface area contributed by atoms with Crippen LogP contribution in [0.2, 0.25) is 5.02 Å². The lowest BCUT2D eigenvalue weighted by Gasteiger charge is -2.07. The summed E-state index contributed by atoms with van der Waals surface area (Å²) < 4.78 is 13.0. The quantitative estimate of drug-likeness (QED) is 0.748. The van der Waals surface area contributed by atoms with Crippen LogP contribution in [0.15, 0.2) is 18.2 Å². The van der Waals surface area contributed by atoms with E-state index in [1.54, 1.807) is 0 Å². The van der Waals surface area contributed by atoms with Crippen LogP contribution in [0.3, 0.4) is 0 Å². The van der Waals surface area contributed by atoms with E-state index in [-0.39, 0.29) is 17.3 Å². The summed E-state index contributed by atoms with van der Waals surface area (Å²) >= 11 is 5.65. The normalized spacial score (nSPS) is 12.9. The zero-order valence-electron chi connectivity index (χ0n) is 6.30. The van der Waals surface area contributed by atoms with Gasteiger partial charge in [-0.3, -0.25) is 0 Å². The van der Waals surface area contributed by atoms with Crippen LogP contribution in [-0.2, 0) is 0 Å². The monoisotopic (exact) mass is 189 g/mol. The number of hydrogen-bond acceptors (Lipinski definition) is 2. The van der Waals surface area contributed by atoms with Crippen molar-refractivity contribution in [2.75, 3.05) is 6.54 Å². The van der Waals surface area contributed by atoms with Gasteiger partial charge in [0.2, 0.25) is 0 Å². The Hall–Kier alpha value is -0.800. The summed E-state index contributed by atoms with van der Waals surface area (Å²) in [5.41, 5.74) is 5.43. The molecule has 0 saturated heterocycles. The Balaban J connectivity index is 3.01. The molecule has 0 saturated carbocycles. The van der Waals surface area contributed by atoms with E-state index in [0.29, 0.717) is 5.56 Å². The first-order valence-electron chi connectivity index (χ1n) is 3.47. The molecular weight excluding hydrogens is 181 g/mol. The smallest absolute Gasteiger partial charge is 0.139 e. The molecule has 0 heterocycles. The molecular formula is C8H9ClFNO. The molecule has 0 aromatic heterocycles. The summed E-state index contributed by atoms with van der Waals surface area (Å²) in [5.74, 6) is 0.0213. The third-order valence-corrected chi connectivity index (χ3v) is 1.86. The molecule has 4 heteroatoms. The molecule has 0 aliphatic heterocycles. The van der Waals surface area contributed by atoms with E-state index in [2.05, 4.69) is 0 Å². The summed E-state index contributed by atoms with van der Waals surface area (Å²) in [6.07, 6.45) is -1.27. The highest BCUT2D eigenvalue weighted by atomic mass is 35.5. The molecule has 0 amide bonds. The lowest BCUT2D eigenvalue weighted by Crippen LogP contribution is -2.07. The first-order chi connectivity index (χ1) is 5.65. The molecule has 66 valence electrons. The third kappa shape index (κ3) is 1.87. The Morgan fingerprint density at radius 1 is 1.58 bits per heavy atom. The van der Waals surface area contributed by atoms with Gasteiger partial charge in [0, 0.05) is 12.1 Å². The molecule has 1 unspecified atom stereocenters. The van der Waals surface area contributed by atoms with Crippen molar-refractivity contribution >= 4 is 11.6 Å². The zero-order valence-corrected chi connectivity index (χ0v) is 7.05. The second-order valence-corrected chi connectivity index (χ2v) is 2.82. The van der Waals surface area contributed by atoms with Gasteiger partial charge in [0.05, 0.1) is 5.02 Å². The predicted molar refractivity (Wildman–Crippen MR) is 46.0 cm³/mol. The molecule has 0 spiro atoms. The van der Waals surface area contributed by atoms with Gasteiger partial charge in [0.15, 0.2) is 0 Å². The van der Waals surface area contributed by atoms with Crippen LogP contribution in [0.5, 0.6) is 5.75 Å². The fourth-order valence-electron chi connectivity index (χ4n) is 0.897. The average molecular weight is 190 g/mol. The van der Waals surface area contributed by atoms with Gasteiger partial charge in [-0.05, 0) is 12.1 Å². The van der Waals surface area contributed by atoms with E-state index in [0.717, 1.165) is 0 Å². The van der Waals surface area contributed by atoms with Gasteiger partial charge in [-0.15, -0.1) is 0 Å². The number of rotatable bonds is 2. The molecule has 0 aliphatic rings. The molecule has 0 fully saturated rings. The van der Waals surface area contributed by atoms with Gasteiger partial charge < -0.3 is 10.8 Å². The summed E-state index contributed by atoms with van der Waals surface area (Å²) in [6.45, 7) is -0.107. The van der Waals surface area contributed by atoms with E-state index in [4.69, 9.17) is 22.4 Å². The van der Waals surface area contributed by atoms with Crippen molar-refractivity contribution in [3.8, 4) is 5.75 Å². The number of halogens is 2. The summed E-state index contributed by atoms with van der Waals surface area (Å²) in [7, 11) is 0. The molecule has 0 bridgehead atoms. The number of hydrogen-bond donors (Lipinski definition) is 2. The van der Waals surface area contributed by atoms with Crippen LogP contribution in [0.1, 0.15) is 11.7 Å². The van der Waals surface area contributed by atoms with Gasteiger partial charge in [-0.1, -0.05) is 17.7 Å². The third-order valence-electron chi connectivity index (χ3n) is 1.53. The SMILES string of the molecule is NCC(F)c1ccc(O)cc1Cl. The number of alkyl halides is 1. The van der Waals surface area contributed by atoms with Crippen LogP contribution in [0.25, 0.3) is 0 Å². The largest absolute Gasteiger partial charge is 0.508 e. The Labute approximate surface area is 74.8 Å². The molecule has 3 N–H and O–H groups in total. The summed E-state index contributed by atoms with van der Waals surface area (Å²) in [5, 5.41) is 9.16. The average Bonchev–Trinajstić information content (AvgIpc) is 2.03. The van der Waals surface area contributed by atoms with Gasteiger partial charge in [0.25, 0.3) is 0 Å². The van der Waals surface area contributed by atoms with Gasteiger partial charge >= 0.3 is 0 Å². The number of phenolic OH excluding ortho intramolecular Hbond substituents is 1. The summed E-state index contributed by atoms with van der Waals surface area (Å²) in [6, 6.07) is 4.10. The van der Waals surface area contributed by atoms with Crippen LogP contribution < -0.4 is 5.73 Å². The fourth-order valence-corrected chi connectivity index (χ4v) is 1.19. The maximum atomic E-state index is 13.0. The van der Waals surface area contributed by atoms with E-state index >= 15 is 0 Å². The highest BCUT2D eigenvalue weighted by molar-refractivity contribution is 6.31. The maximum absolute atomic E-state index is 13.0. The Morgan fingerprint density at radius 2 is 2.25 bits per heavy atom. The number of aromatic hydroxyl groups is 1. The standard InChI is InChI=1S/C8H9ClFNO/c9-7-3-5(12)1-2-6(7)8(10)4-11/h1-3,8,12H,4,11H2. The van der Waals surface area contributed by atoms with Gasteiger partial charge in [0.1, 0.15) is 11.9 Å². The number of nitrogens with two attached hydrogens (primary N) is 1. The van der Waals surface area contributed by atoms with E-state index in [9.17, 15) is 4.39 Å². The Kier molecular flexibility index (Phi) is 2.89. The predicted octanol–water partition coefficient (Wildman–Crippen LogP) is 2.01. The van der Waals surface area contributed by atoms with Gasteiger partial charge in [-0.2, -0.15) is 0 Å². The van der Waals surface area contributed by atoms with Crippen molar-refractivity contribution < 1.29 is 9.50 Å². The number of phenols is 1. The maximum Gasteiger partial charge on any atom is 0.139 e. The molecule has 0 aliphatic carbocycles. The Bertz CT molecular complexity index is 280. The van der Waals surface area contributed by atoms with Crippen molar-refractivity contribution in [1.29, 1.82) is 0 Å². The topological polar surface area (TPSA) is 46.2 Å². The van der Waals surface area contributed by atoms with Crippen LogP contribution in [0, 0.1) is 0 Å². The van der Waals surface area contributed by atoms with Crippen LogP contribution in [0.4, 0.5) is 4.39 Å². The number of benzene rings is 1. The molecule has 12 heavy (non-hydrogen) atoms. The molecule has 0 radical (unpaired) electrons. The highest BCUT2D eigenvalue weighted by Crippen LogP contribution is 2.27.